The second-order valence-corrected chi connectivity index (χ2v) is 4.25. The number of hydrogen-bond acceptors (Lipinski definition) is 3. The number of rotatable bonds is 5. The minimum atomic E-state index is -0.870. The van der Waals surface area contributed by atoms with Crippen LogP contribution >= 0.6 is 11.3 Å². The molecule has 0 spiro atoms. The van der Waals surface area contributed by atoms with Gasteiger partial charge in [-0.2, -0.15) is 11.3 Å². The fraction of sp³-hybridized carbons (Fsp3) is 0.400. The summed E-state index contributed by atoms with van der Waals surface area (Å²) in [6.07, 6.45) is 0.263. The highest BCUT2D eigenvalue weighted by molar-refractivity contribution is 7.08. The zero-order chi connectivity index (χ0) is 11.3. The number of hydrogen-bond donors (Lipinski definition) is 2. The first-order chi connectivity index (χ1) is 7.08. The van der Waals surface area contributed by atoms with Gasteiger partial charge in [0, 0.05) is 18.2 Å². The first-order valence-electron chi connectivity index (χ1n) is 4.61. The molecule has 0 fully saturated rings. The zero-order valence-corrected chi connectivity index (χ0v) is 9.21. The van der Waals surface area contributed by atoms with Crippen LogP contribution in [0.15, 0.2) is 16.8 Å². The van der Waals surface area contributed by atoms with Crippen LogP contribution in [-0.2, 0) is 9.59 Å². The summed E-state index contributed by atoms with van der Waals surface area (Å²) in [5, 5.41) is 14.9. The fourth-order valence-corrected chi connectivity index (χ4v) is 1.82. The van der Waals surface area contributed by atoms with Gasteiger partial charge in [0.05, 0.1) is 5.69 Å². The topological polar surface area (TPSA) is 66.4 Å². The smallest absolute Gasteiger partial charge is 0.303 e. The average Bonchev–Trinajstić information content (AvgIpc) is 2.53. The molecule has 0 aromatic carbocycles. The second-order valence-electron chi connectivity index (χ2n) is 3.47. The lowest BCUT2D eigenvalue weighted by molar-refractivity contribution is -0.138. The van der Waals surface area contributed by atoms with Gasteiger partial charge in [0.15, 0.2) is 0 Å². The number of carboxylic acid groups (broad SMARTS) is 1. The van der Waals surface area contributed by atoms with Crippen molar-refractivity contribution in [2.24, 2.45) is 5.92 Å². The lowest BCUT2D eigenvalue weighted by Gasteiger charge is -2.07. The summed E-state index contributed by atoms with van der Waals surface area (Å²) in [5.74, 6) is -1.14. The van der Waals surface area contributed by atoms with Crippen molar-refractivity contribution in [2.75, 3.05) is 5.32 Å². The molecule has 1 amide bonds. The van der Waals surface area contributed by atoms with Gasteiger partial charge in [-0.25, -0.2) is 0 Å². The number of carbonyl (C=O) groups excluding carboxylic acids is 1. The van der Waals surface area contributed by atoms with Crippen LogP contribution in [0.2, 0.25) is 0 Å². The summed E-state index contributed by atoms with van der Waals surface area (Å²) in [7, 11) is 0. The summed E-state index contributed by atoms with van der Waals surface area (Å²) >= 11 is 1.50. The largest absolute Gasteiger partial charge is 0.481 e. The average molecular weight is 227 g/mol. The van der Waals surface area contributed by atoms with Gasteiger partial charge in [0.1, 0.15) is 0 Å². The van der Waals surface area contributed by atoms with Gasteiger partial charge in [-0.15, -0.1) is 0 Å². The predicted octanol–water partition coefficient (Wildman–Crippen LogP) is 2.19. The third-order valence-electron chi connectivity index (χ3n) is 1.86. The van der Waals surface area contributed by atoms with Gasteiger partial charge in [0.2, 0.25) is 5.91 Å². The van der Waals surface area contributed by atoms with E-state index in [0.717, 1.165) is 5.69 Å². The molecule has 1 aromatic rings. The van der Waals surface area contributed by atoms with Crippen molar-refractivity contribution in [1.82, 2.24) is 0 Å². The Morgan fingerprint density at radius 3 is 2.80 bits per heavy atom. The van der Waals surface area contributed by atoms with Gasteiger partial charge < -0.3 is 10.4 Å². The number of anilines is 1. The Labute approximate surface area is 91.9 Å². The minimum Gasteiger partial charge on any atom is -0.481 e. The number of carboxylic acids is 1. The lowest BCUT2D eigenvalue weighted by Crippen LogP contribution is -2.16. The monoisotopic (exact) mass is 227 g/mol. The van der Waals surface area contributed by atoms with Gasteiger partial charge in [-0.1, -0.05) is 6.92 Å². The quantitative estimate of drug-likeness (QED) is 0.810. The summed E-state index contributed by atoms with van der Waals surface area (Å²) in [5.41, 5.74) is 0.771. The summed E-state index contributed by atoms with van der Waals surface area (Å²) in [4.78, 5) is 21.8. The number of amides is 1. The maximum Gasteiger partial charge on any atom is 0.303 e. The van der Waals surface area contributed by atoms with Crippen molar-refractivity contribution in [3.8, 4) is 0 Å². The molecule has 1 aromatic heterocycles. The van der Waals surface area contributed by atoms with E-state index in [1.807, 2.05) is 16.8 Å². The highest BCUT2D eigenvalue weighted by Gasteiger charge is 2.12. The first-order valence-corrected chi connectivity index (χ1v) is 5.56. The molecule has 2 N–H and O–H groups in total. The van der Waals surface area contributed by atoms with E-state index in [9.17, 15) is 9.59 Å². The van der Waals surface area contributed by atoms with E-state index in [4.69, 9.17) is 5.11 Å². The molecule has 0 aliphatic rings. The predicted molar refractivity (Wildman–Crippen MR) is 59.0 cm³/mol. The Balaban J connectivity index is 2.33. The Morgan fingerprint density at radius 2 is 2.27 bits per heavy atom. The van der Waals surface area contributed by atoms with E-state index in [-0.39, 0.29) is 24.7 Å². The number of aliphatic carboxylic acids is 1. The van der Waals surface area contributed by atoms with Crippen LogP contribution in [0.1, 0.15) is 19.8 Å². The molecule has 1 heterocycles. The van der Waals surface area contributed by atoms with Crippen molar-refractivity contribution in [3.05, 3.63) is 16.8 Å². The Hall–Kier alpha value is -1.36. The second kappa shape index (κ2) is 5.50. The van der Waals surface area contributed by atoms with Crippen molar-refractivity contribution in [1.29, 1.82) is 0 Å². The molecule has 1 rings (SSSR count). The molecule has 1 unspecified atom stereocenters. The van der Waals surface area contributed by atoms with E-state index in [2.05, 4.69) is 5.32 Å². The maximum atomic E-state index is 11.4. The van der Waals surface area contributed by atoms with E-state index in [1.54, 1.807) is 6.92 Å². The Morgan fingerprint density at radius 1 is 1.53 bits per heavy atom. The molecule has 1 atom stereocenters. The molecule has 0 radical (unpaired) electrons. The van der Waals surface area contributed by atoms with E-state index >= 15 is 0 Å². The van der Waals surface area contributed by atoms with Crippen LogP contribution < -0.4 is 5.32 Å². The molecular weight excluding hydrogens is 214 g/mol. The minimum absolute atomic E-state index is 0.0249. The Kier molecular flexibility index (Phi) is 4.30. The van der Waals surface area contributed by atoms with E-state index in [0.29, 0.717) is 0 Å². The van der Waals surface area contributed by atoms with Crippen LogP contribution in [0.3, 0.4) is 0 Å². The first kappa shape index (κ1) is 11.7. The van der Waals surface area contributed by atoms with Gasteiger partial charge >= 0.3 is 5.97 Å². The third kappa shape index (κ3) is 4.60. The van der Waals surface area contributed by atoms with Crippen molar-refractivity contribution in [2.45, 2.75) is 19.8 Å². The standard InChI is InChI=1S/C10H13NO3S/c1-7(5-10(13)14)4-9(12)11-8-2-3-15-6-8/h2-3,6-7H,4-5H2,1H3,(H,11,12)(H,13,14). The Bertz CT molecular complexity index is 334. The SMILES string of the molecule is CC(CC(=O)O)CC(=O)Nc1ccsc1. The van der Waals surface area contributed by atoms with Crippen LogP contribution in [0.4, 0.5) is 5.69 Å². The zero-order valence-electron chi connectivity index (χ0n) is 8.40. The van der Waals surface area contributed by atoms with Gasteiger partial charge in [0.25, 0.3) is 0 Å². The molecule has 0 aliphatic carbocycles. The number of carbonyl (C=O) groups is 2. The van der Waals surface area contributed by atoms with Crippen LogP contribution in [0.25, 0.3) is 0 Å². The summed E-state index contributed by atoms with van der Waals surface area (Å²) < 4.78 is 0. The summed E-state index contributed by atoms with van der Waals surface area (Å²) in [6, 6.07) is 1.81. The third-order valence-corrected chi connectivity index (χ3v) is 2.55. The molecule has 5 heteroatoms. The van der Waals surface area contributed by atoms with Crippen LogP contribution in [0.5, 0.6) is 0 Å². The number of thiophene rings is 1. The maximum absolute atomic E-state index is 11.4. The van der Waals surface area contributed by atoms with Crippen molar-refractivity contribution >= 4 is 28.9 Å². The molecule has 15 heavy (non-hydrogen) atoms. The molecule has 0 aliphatic heterocycles. The number of nitrogens with one attached hydrogen (secondary N) is 1. The van der Waals surface area contributed by atoms with Crippen molar-refractivity contribution in [3.63, 3.8) is 0 Å². The van der Waals surface area contributed by atoms with E-state index < -0.39 is 5.97 Å². The lowest BCUT2D eigenvalue weighted by atomic mass is 10.0. The molecule has 82 valence electrons. The molecule has 0 bridgehead atoms. The molecule has 0 saturated heterocycles. The highest BCUT2D eigenvalue weighted by atomic mass is 32.1. The van der Waals surface area contributed by atoms with Crippen LogP contribution in [0, 0.1) is 5.92 Å². The molecule has 0 saturated carbocycles. The summed E-state index contributed by atoms with van der Waals surface area (Å²) in [6.45, 7) is 1.75. The van der Waals surface area contributed by atoms with Crippen LogP contribution in [-0.4, -0.2) is 17.0 Å². The fourth-order valence-electron chi connectivity index (χ4n) is 1.23. The molecular formula is C10H13NO3S. The van der Waals surface area contributed by atoms with Crippen molar-refractivity contribution < 1.29 is 14.7 Å². The van der Waals surface area contributed by atoms with E-state index in [1.165, 1.54) is 11.3 Å². The van der Waals surface area contributed by atoms with Gasteiger partial charge in [-0.05, 0) is 17.4 Å². The normalized spacial score (nSPS) is 12.1. The highest BCUT2D eigenvalue weighted by Crippen LogP contribution is 2.14. The van der Waals surface area contributed by atoms with Gasteiger partial charge in [-0.3, -0.25) is 9.59 Å². The molecule has 4 nitrogen and oxygen atoms in total.